The Kier molecular flexibility index (Phi) is 4.34. The number of nitrogens with one attached hydrogen (secondary N) is 1. The molecule has 1 aliphatic heterocycles. The second kappa shape index (κ2) is 5.99. The summed E-state index contributed by atoms with van der Waals surface area (Å²) in [5.41, 5.74) is 4.36. The lowest BCUT2D eigenvalue weighted by molar-refractivity contribution is -0.384. The molecule has 0 spiro atoms. The van der Waals surface area contributed by atoms with Gasteiger partial charge < -0.3 is 5.43 Å². The maximum absolute atomic E-state index is 10.8. The van der Waals surface area contributed by atoms with Crippen LogP contribution in [-0.4, -0.2) is 22.9 Å². The molecule has 0 aliphatic carbocycles. The summed E-state index contributed by atoms with van der Waals surface area (Å²) in [6, 6.07) is 4.74. The number of non-ortho nitro benzene ring substituents is 1. The number of hydrogen-bond acceptors (Lipinski definition) is 5. The number of hydrazine groups is 1. The Labute approximate surface area is 112 Å². The molecule has 2 rings (SSSR count). The van der Waals surface area contributed by atoms with Crippen LogP contribution in [0.5, 0.6) is 0 Å². The predicted octanol–water partition coefficient (Wildman–Crippen LogP) is 2.11. The summed E-state index contributed by atoms with van der Waals surface area (Å²) in [4.78, 5) is 12.8. The topological polar surface area (TPSA) is 84.4 Å². The van der Waals surface area contributed by atoms with Gasteiger partial charge in [0, 0.05) is 25.2 Å². The standard InChI is InChI=1S/C13H20N4O2/c1-2-10-5-6-16(8-10)9-11-7-12(17(18)19)3-4-13(11)15-14/h3-4,7,10,15H,2,5-6,8-9,14H2,1H3. The van der Waals surface area contributed by atoms with Gasteiger partial charge in [0.2, 0.25) is 0 Å². The van der Waals surface area contributed by atoms with Crippen LogP contribution in [0.1, 0.15) is 25.3 Å². The average Bonchev–Trinajstić information content (AvgIpc) is 2.86. The molecule has 1 atom stereocenters. The van der Waals surface area contributed by atoms with E-state index in [-0.39, 0.29) is 10.6 Å². The zero-order valence-electron chi connectivity index (χ0n) is 11.1. The molecule has 19 heavy (non-hydrogen) atoms. The SMILES string of the molecule is CCC1CCN(Cc2cc([N+](=O)[O-])ccc2NN)C1. The minimum absolute atomic E-state index is 0.111. The molecule has 0 saturated carbocycles. The van der Waals surface area contributed by atoms with E-state index < -0.39 is 0 Å². The van der Waals surface area contributed by atoms with Crippen molar-refractivity contribution in [3.63, 3.8) is 0 Å². The number of anilines is 1. The number of hydrogen-bond donors (Lipinski definition) is 2. The van der Waals surface area contributed by atoms with Crippen molar-refractivity contribution >= 4 is 11.4 Å². The highest BCUT2D eigenvalue weighted by molar-refractivity contribution is 5.55. The number of likely N-dealkylation sites (tertiary alicyclic amines) is 1. The Balaban J connectivity index is 2.14. The van der Waals surface area contributed by atoms with E-state index in [9.17, 15) is 10.1 Å². The molecule has 6 nitrogen and oxygen atoms in total. The van der Waals surface area contributed by atoms with Crippen LogP contribution in [0.4, 0.5) is 11.4 Å². The Morgan fingerprint density at radius 1 is 1.58 bits per heavy atom. The summed E-state index contributed by atoms with van der Waals surface area (Å²) >= 11 is 0. The molecule has 1 aromatic carbocycles. The minimum Gasteiger partial charge on any atom is -0.324 e. The number of benzene rings is 1. The Morgan fingerprint density at radius 2 is 2.37 bits per heavy atom. The van der Waals surface area contributed by atoms with Crippen LogP contribution in [0.15, 0.2) is 18.2 Å². The van der Waals surface area contributed by atoms with Crippen LogP contribution in [0.2, 0.25) is 0 Å². The molecule has 1 aromatic rings. The van der Waals surface area contributed by atoms with Gasteiger partial charge in [0.15, 0.2) is 0 Å². The van der Waals surface area contributed by atoms with Crippen LogP contribution >= 0.6 is 0 Å². The van der Waals surface area contributed by atoms with Crippen LogP contribution in [0, 0.1) is 16.0 Å². The van der Waals surface area contributed by atoms with Crippen molar-refractivity contribution in [2.75, 3.05) is 18.5 Å². The number of rotatable bonds is 5. The van der Waals surface area contributed by atoms with Gasteiger partial charge in [-0.05, 0) is 30.5 Å². The first-order valence-electron chi connectivity index (χ1n) is 6.60. The smallest absolute Gasteiger partial charge is 0.269 e. The van der Waals surface area contributed by atoms with Gasteiger partial charge in [-0.1, -0.05) is 13.3 Å². The van der Waals surface area contributed by atoms with Crippen LogP contribution in [0.25, 0.3) is 0 Å². The Morgan fingerprint density at radius 3 is 2.95 bits per heavy atom. The fourth-order valence-electron chi connectivity index (χ4n) is 2.60. The van der Waals surface area contributed by atoms with Gasteiger partial charge in [-0.3, -0.25) is 20.9 Å². The van der Waals surface area contributed by atoms with Crippen molar-refractivity contribution in [3.05, 3.63) is 33.9 Å². The molecular formula is C13H20N4O2. The van der Waals surface area contributed by atoms with E-state index in [0.29, 0.717) is 6.54 Å². The number of nitro benzene ring substituents is 1. The van der Waals surface area contributed by atoms with E-state index in [4.69, 9.17) is 5.84 Å². The molecule has 1 unspecified atom stereocenters. The van der Waals surface area contributed by atoms with Gasteiger partial charge in [0.25, 0.3) is 5.69 Å². The number of nitro groups is 1. The normalized spacial score (nSPS) is 19.6. The largest absolute Gasteiger partial charge is 0.324 e. The van der Waals surface area contributed by atoms with Gasteiger partial charge in [0.1, 0.15) is 0 Å². The van der Waals surface area contributed by atoms with Crippen molar-refractivity contribution in [2.45, 2.75) is 26.3 Å². The third-order valence-corrected chi connectivity index (χ3v) is 3.80. The van der Waals surface area contributed by atoms with E-state index in [1.165, 1.54) is 18.9 Å². The minimum atomic E-state index is -0.372. The van der Waals surface area contributed by atoms with E-state index in [2.05, 4.69) is 17.2 Å². The molecule has 1 heterocycles. The van der Waals surface area contributed by atoms with Crippen molar-refractivity contribution < 1.29 is 4.92 Å². The molecule has 6 heteroatoms. The maximum atomic E-state index is 10.8. The van der Waals surface area contributed by atoms with E-state index >= 15 is 0 Å². The first kappa shape index (κ1) is 13.8. The molecule has 1 aliphatic rings. The van der Waals surface area contributed by atoms with Crippen molar-refractivity contribution in [2.24, 2.45) is 11.8 Å². The molecular weight excluding hydrogens is 244 g/mol. The van der Waals surface area contributed by atoms with Crippen LogP contribution in [-0.2, 0) is 6.54 Å². The molecule has 0 bridgehead atoms. The van der Waals surface area contributed by atoms with Crippen molar-refractivity contribution in [1.82, 2.24) is 4.90 Å². The Bertz CT molecular complexity index is 464. The molecule has 3 N–H and O–H groups in total. The van der Waals surface area contributed by atoms with Crippen LogP contribution < -0.4 is 11.3 Å². The molecule has 1 fully saturated rings. The summed E-state index contributed by atoms with van der Waals surface area (Å²) in [5.74, 6) is 6.21. The van der Waals surface area contributed by atoms with Gasteiger partial charge >= 0.3 is 0 Å². The quantitative estimate of drug-likeness (QED) is 0.483. The number of nitrogen functional groups attached to an aromatic ring is 1. The third kappa shape index (κ3) is 3.21. The van der Waals surface area contributed by atoms with E-state index in [1.54, 1.807) is 12.1 Å². The van der Waals surface area contributed by atoms with Gasteiger partial charge in [-0.25, -0.2) is 0 Å². The highest BCUT2D eigenvalue weighted by atomic mass is 16.6. The molecule has 104 valence electrons. The summed E-state index contributed by atoms with van der Waals surface area (Å²) in [7, 11) is 0. The Hall–Kier alpha value is -1.66. The first-order valence-corrected chi connectivity index (χ1v) is 6.60. The molecule has 1 saturated heterocycles. The fourth-order valence-corrected chi connectivity index (χ4v) is 2.60. The lowest BCUT2D eigenvalue weighted by Crippen LogP contribution is -2.21. The number of nitrogens with two attached hydrogens (primary N) is 1. The third-order valence-electron chi connectivity index (χ3n) is 3.80. The lowest BCUT2D eigenvalue weighted by atomic mass is 10.1. The zero-order chi connectivity index (χ0) is 13.8. The second-order valence-electron chi connectivity index (χ2n) is 5.04. The zero-order valence-corrected chi connectivity index (χ0v) is 11.1. The average molecular weight is 264 g/mol. The molecule has 0 radical (unpaired) electrons. The van der Waals surface area contributed by atoms with Crippen molar-refractivity contribution in [1.29, 1.82) is 0 Å². The van der Waals surface area contributed by atoms with Gasteiger partial charge in [0.05, 0.1) is 10.6 Å². The molecule has 0 aromatic heterocycles. The summed E-state index contributed by atoms with van der Waals surface area (Å²) in [6.45, 7) is 5.01. The fraction of sp³-hybridized carbons (Fsp3) is 0.538. The van der Waals surface area contributed by atoms with Gasteiger partial charge in [-0.2, -0.15) is 0 Å². The van der Waals surface area contributed by atoms with Crippen molar-refractivity contribution in [3.8, 4) is 0 Å². The first-order chi connectivity index (χ1) is 9.13. The number of nitrogens with zero attached hydrogens (tertiary/aromatic N) is 2. The van der Waals surface area contributed by atoms with E-state index in [0.717, 1.165) is 30.3 Å². The lowest BCUT2D eigenvalue weighted by Gasteiger charge is -2.17. The van der Waals surface area contributed by atoms with E-state index in [1.807, 2.05) is 0 Å². The molecule has 0 amide bonds. The highest BCUT2D eigenvalue weighted by Crippen LogP contribution is 2.26. The monoisotopic (exact) mass is 264 g/mol. The van der Waals surface area contributed by atoms with Crippen LogP contribution in [0.3, 0.4) is 0 Å². The predicted molar refractivity (Wildman–Crippen MR) is 74.6 cm³/mol. The summed E-state index contributed by atoms with van der Waals surface area (Å²) in [6.07, 6.45) is 2.39. The van der Waals surface area contributed by atoms with Gasteiger partial charge in [-0.15, -0.1) is 0 Å². The second-order valence-corrected chi connectivity index (χ2v) is 5.04. The summed E-state index contributed by atoms with van der Waals surface area (Å²) < 4.78 is 0. The summed E-state index contributed by atoms with van der Waals surface area (Å²) in [5, 5.41) is 10.8. The maximum Gasteiger partial charge on any atom is 0.269 e. The highest BCUT2D eigenvalue weighted by Gasteiger charge is 2.22.